The second-order valence-corrected chi connectivity index (χ2v) is 4.61. The van der Waals surface area contributed by atoms with Crippen molar-refractivity contribution in [3.8, 4) is 0 Å². The van der Waals surface area contributed by atoms with Crippen LogP contribution in [0, 0.1) is 11.8 Å². The molecule has 50 valence electrons. The maximum atomic E-state index is 3.59. The van der Waals surface area contributed by atoms with E-state index < -0.39 is 0 Å². The number of rotatable bonds is 0. The highest BCUT2D eigenvalue weighted by molar-refractivity contribution is 9.14. The first kappa shape index (κ1) is 6.41. The standard InChI is InChI=1S/C7H8Br2/c8-6-4-1-2-5(3-4)7(6)9/h4-5H,1-3H2/t4-,5-/m1/s1. The monoisotopic (exact) mass is 250 g/mol. The maximum Gasteiger partial charge on any atom is 0.00858 e. The van der Waals surface area contributed by atoms with Crippen molar-refractivity contribution in [2.45, 2.75) is 19.3 Å². The summed E-state index contributed by atoms with van der Waals surface area (Å²) in [5.74, 6) is 1.73. The van der Waals surface area contributed by atoms with E-state index >= 15 is 0 Å². The van der Waals surface area contributed by atoms with Gasteiger partial charge in [0.15, 0.2) is 0 Å². The lowest BCUT2D eigenvalue weighted by molar-refractivity contribution is 0.686. The molecule has 9 heavy (non-hydrogen) atoms. The summed E-state index contributed by atoms with van der Waals surface area (Å²) in [6, 6.07) is 0. The minimum Gasteiger partial charge on any atom is -0.0545 e. The van der Waals surface area contributed by atoms with E-state index in [0.29, 0.717) is 0 Å². The highest BCUT2D eigenvalue weighted by atomic mass is 79.9. The molecule has 2 rings (SSSR count). The van der Waals surface area contributed by atoms with Crippen molar-refractivity contribution < 1.29 is 0 Å². The Bertz CT molecular complexity index is 154. The molecule has 0 unspecified atom stereocenters. The zero-order valence-corrected chi connectivity index (χ0v) is 8.20. The molecule has 0 aromatic heterocycles. The minimum atomic E-state index is 0.865. The van der Waals surface area contributed by atoms with Gasteiger partial charge in [-0.25, -0.2) is 0 Å². The molecule has 0 radical (unpaired) electrons. The van der Waals surface area contributed by atoms with E-state index in [0.717, 1.165) is 11.8 Å². The van der Waals surface area contributed by atoms with Gasteiger partial charge in [-0.2, -0.15) is 0 Å². The fourth-order valence-electron chi connectivity index (χ4n) is 1.83. The second kappa shape index (κ2) is 2.09. The van der Waals surface area contributed by atoms with E-state index in [1.807, 2.05) is 0 Å². The molecule has 0 aromatic rings. The summed E-state index contributed by atoms with van der Waals surface area (Å²) in [6.45, 7) is 0. The Hall–Kier alpha value is 0.700. The van der Waals surface area contributed by atoms with Crippen molar-refractivity contribution in [3.05, 3.63) is 8.96 Å². The van der Waals surface area contributed by atoms with Crippen LogP contribution in [0.15, 0.2) is 8.96 Å². The van der Waals surface area contributed by atoms with Gasteiger partial charge in [0, 0.05) is 8.96 Å². The van der Waals surface area contributed by atoms with Gasteiger partial charge in [-0.3, -0.25) is 0 Å². The topological polar surface area (TPSA) is 0 Å². The molecular formula is C7H8Br2. The van der Waals surface area contributed by atoms with Gasteiger partial charge in [-0.15, -0.1) is 0 Å². The van der Waals surface area contributed by atoms with E-state index in [-0.39, 0.29) is 0 Å². The maximum absolute atomic E-state index is 3.59. The van der Waals surface area contributed by atoms with Crippen molar-refractivity contribution in [1.82, 2.24) is 0 Å². The first-order valence-corrected chi connectivity index (χ1v) is 4.92. The molecule has 2 aliphatic carbocycles. The first-order valence-electron chi connectivity index (χ1n) is 3.34. The third kappa shape index (κ3) is 0.829. The molecule has 1 fully saturated rings. The van der Waals surface area contributed by atoms with Gasteiger partial charge >= 0.3 is 0 Å². The molecule has 0 heterocycles. The van der Waals surface area contributed by atoms with Crippen LogP contribution in [0.2, 0.25) is 0 Å². The number of hydrogen-bond donors (Lipinski definition) is 0. The Morgan fingerprint density at radius 1 is 1.00 bits per heavy atom. The first-order chi connectivity index (χ1) is 4.29. The SMILES string of the molecule is BrC1=C(Br)[C@@H]2CC[C@@H]1C2. The summed E-state index contributed by atoms with van der Waals surface area (Å²) in [6.07, 6.45) is 4.20. The fourth-order valence-corrected chi connectivity index (χ4v) is 3.31. The third-order valence-corrected chi connectivity index (χ3v) is 5.06. The van der Waals surface area contributed by atoms with E-state index in [4.69, 9.17) is 0 Å². The van der Waals surface area contributed by atoms with Gasteiger partial charge in [0.1, 0.15) is 0 Å². The van der Waals surface area contributed by atoms with E-state index in [9.17, 15) is 0 Å². The van der Waals surface area contributed by atoms with Gasteiger partial charge in [0.2, 0.25) is 0 Å². The summed E-state index contributed by atoms with van der Waals surface area (Å²) >= 11 is 7.19. The summed E-state index contributed by atoms with van der Waals surface area (Å²) in [5.41, 5.74) is 0. The molecule has 2 atom stereocenters. The van der Waals surface area contributed by atoms with Gasteiger partial charge in [0.05, 0.1) is 0 Å². The van der Waals surface area contributed by atoms with E-state index in [1.54, 1.807) is 0 Å². The lowest BCUT2D eigenvalue weighted by atomic mass is 10.1. The number of hydrogen-bond acceptors (Lipinski definition) is 0. The Morgan fingerprint density at radius 2 is 1.44 bits per heavy atom. The van der Waals surface area contributed by atoms with Crippen LogP contribution in [0.3, 0.4) is 0 Å². The number of fused-ring (bicyclic) bond motifs is 2. The molecule has 0 amide bonds. The highest BCUT2D eigenvalue weighted by Gasteiger charge is 2.36. The molecule has 0 aliphatic heterocycles. The number of halogens is 2. The van der Waals surface area contributed by atoms with E-state index in [2.05, 4.69) is 31.9 Å². The summed E-state index contributed by atoms with van der Waals surface area (Å²) < 4.78 is 2.89. The Balaban J connectivity index is 2.36. The van der Waals surface area contributed by atoms with E-state index in [1.165, 1.54) is 28.2 Å². The highest BCUT2D eigenvalue weighted by Crippen LogP contribution is 2.52. The molecule has 0 nitrogen and oxygen atoms in total. The summed E-state index contributed by atoms with van der Waals surface area (Å²) in [5, 5.41) is 0. The van der Waals surface area contributed by atoms with Crippen molar-refractivity contribution >= 4 is 31.9 Å². The van der Waals surface area contributed by atoms with Crippen LogP contribution in [0.4, 0.5) is 0 Å². The van der Waals surface area contributed by atoms with Crippen molar-refractivity contribution in [3.63, 3.8) is 0 Å². The largest absolute Gasteiger partial charge is 0.0545 e. The Labute approximate surface area is 72.0 Å². The average Bonchev–Trinajstić information content (AvgIpc) is 2.37. The van der Waals surface area contributed by atoms with Gasteiger partial charge in [-0.1, -0.05) is 31.9 Å². The molecule has 2 aliphatic rings. The summed E-state index contributed by atoms with van der Waals surface area (Å²) in [7, 11) is 0. The van der Waals surface area contributed by atoms with Gasteiger partial charge in [0.25, 0.3) is 0 Å². The number of allylic oxidation sites excluding steroid dienone is 2. The van der Waals surface area contributed by atoms with Crippen molar-refractivity contribution in [2.24, 2.45) is 11.8 Å². The molecule has 2 bridgehead atoms. The van der Waals surface area contributed by atoms with Gasteiger partial charge < -0.3 is 0 Å². The van der Waals surface area contributed by atoms with Crippen molar-refractivity contribution in [1.29, 1.82) is 0 Å². The van der Waals surface area contributed by atoms with Crippen molar-refractivity contribution in [2.75, 3.05) is 0 Å². The minimum absolute atomic E-state index is 0.865. The molecule has 0 N–H and O–H groups in total. The van der Waals surface area contributed by atoms with Gasteiger partial charge in [-0.05, 0) is 31.1 Å². The molecular weight excluding hydrogens is 244 g/mol. The zero-order valence-electron chi connectivity index (χ0n) is 5.03. The molecule has 0 spiro atoms. The van der Waals surface area contributed by atoms with Crippen LogP contribution in [-0.2, 0) is 0 Å². The fraction of sp³-hybridized carbons (Fsp3) is 0.714. The van der Waals surface area contributed by atoms with Crippen LogP contribution in [-0.4, -0.2) is 0 Å². The molecule has 2 heteroatoms. The summed E-state index contributed by atoms with van der Waals surface area (Å²) in [4.78, 5) is 0. The second-order valence-electron chi connectivity index (χ2n) is 2.90. The smallest absolute Gasteiger partial charge is 0.00858 e. The van der Waals surface area contributed by atoms with Crippen LogP contribution >= 0.6 is 31.9 Å². The van der Waals surface area contributed by atoms with Crippen LogP contribution in [0.5, 0.6) is 0 Å². The third-order valence-electron chi connectivity index (χ3n) is 2.38. The average molecular weight is 252 g/mol. The lowest BCUT2D eigenvalue weighted by Crippen LogP contribution is -1.92. The van der Waals surface area contributed by atoms with Crippen LogP contribution in [0.25, 0.3) is 0 Å². The normalized spacial score (nSPS) is 40.7. The lowest BCUT2D eigenvalue weighted by Gasteiger charge is -2.08. The molecule has 0 aromatic carbocycles. The Kier molecular flexibility index (Phi) is 1.49. The molecule has 1 saturated carbocycles. The quantitative estimate of drug-likeness (QED) is 0.619. The zero-order chi connectivity index (χ0) is 6.43. The predicted molar refractivity (Wildman–Crippen MR) is 45.7 cm³/mol. The van der Waals surface area contributed by atoms with Crippen LogP contribution in [0.1, 0.15) is 19.3 Å². The predicted octanol–water partition coefficient (Wildman–Crippen LogP) is 3.42. The van der Waals surface area contributed by atoms with Crippen LogP contribution < -0.4 is 0 Å². The Morgan fingerprint density at radius 3 is 1.67 bits per heavy atom. The molecule has 0 saturated heterocycles.